The van der Waals surface area contributed by atoms with E-state index >= 15 is 0 Å². The van der Waals surface area contributed by atoms with E-state index in [0.717, 1.165) is 21.9 Å². The molecule has 26 heavy (non-hydrogen) atoms. The topological polar surface area (TPSA) is 48.4 Å². The molecule has 0 aliphatic heterocycles. The Morgan fingerprint density at radius 2 is 1.88 bits per heavy atom. The number of hydrogen-bond donors (Lipinski definition) is 0. The first kappa shape index (κ1) is 17.8. The van der Waals surface area contributed by atoms with Crippen molar-refractivity contribution < 1.29 is 18.7 Å². The third-order valence-corrected chi connectivity index (χ3v) is 4.45. The van der Waals surface area contributed by atoms with Crippen LogP contribution in [0.2, 0.25) is 0 Å². The fraction of sp³-hybridized carbons (Fsp3) is 0.100. The van der Waals surface area contributed by atoms with E-state index in [1.807, 2.05) is 29.6 Å². The first-order valence-electron chi connectivity index (χ1n) is 7.83. The number of carbonyl (C=O) groups is 1. The Hall–Kier alpha value is -2.99. The van der Waals surface area contributed by atoms with Gasteiger partial charge in [-0.2, -0.15) is 0 Å². The van der Waals surface area contributed by atoms with Crippen LogP contribution < -0.4 is 4.74 Å². The van der Waals surface area contributed by atoms with E-state index in [1.165, 1.54) is 29.5 Å². The Bertz CT molecular complexity index is 902. The van der Waals surface area contributed by atoms with Gasteiger partial charge in [-0.25, -0.2) is 14.2 Å². The monoisotopic (exact) mass is 369 g/mol. The van der Waals surface area contributed by atoms with E-state index in [1.54, 1.807) is 25.3 Å². The van der Waals surface area contributed by atoms with Crippen molar-refractivity contribution >= 4 is 23.4 Å². The maximum absolute atomic E-state index is 12.8. The van der Waals surface area contributed by atoms with Gasteiger partial charge in [-0.3, -0.25) is 0 Å². The Morgan fingerprint density at radius 1 is 1.15 bits per heavy atom. The first-order valence-corrected chi connectivity index (χ1v) is 8.71. The second-order valence-corrected chi connectivity index (χ2v) is 6.23. The van der Waals surface area contributed by atoms with Gasteiger partial charge in [-0.1, -0.05) is 12.1 Å². The zero-order valence-electron chi connectivity index (χ0n) is 14.0. The molecule has 6 heteroatoms. The molecule has 3 rings (SSSR count). The summed E-state index contributed by atoms with van der Waals surface area (Å²) in [4.78, 5) is 16.3. The number of rotatable bonds is 6. The molecule has 0 N–H and O–H groups in total. The van der Waals surface area contributed by atoms with Crippen LogP contribution in [0.25, 0.3) is 16.6 Å². The van der Waals surface area contributed by atoms with Crippen LogP contribution in [0.1, 0.15) is 11.3 Å². The van der Waals surface area contributed by atoms with Gasteiger partial charge in [0, 0.05) is 17.0 Å². The number of halogens is 1. The highest BCUT2D eigenvalue weighted by Crippen LogP contribution is 2.26. The Balaban J connectivity index is 1.57. The van der Waals surface area contributed by atoms with Crippen LogP contribution in [0, 0.1) is 5.82 Å². The predicted molar refractivity (Wildman–Crippen MR) is 99.3 cm³/mol. The lowest BCUT2D eigenvalue weighted by Crippen LogP contribution is -2.00. The van der Waals surface area contributed by atoms with E-state index in [-0.39, 0.29) is 12.4 Å². The van der Waals surface area contributed by atoms with Crippen molar-refractivity contribution in [2.45, 2.75) is 6.61 Å². The van der Waals surface area contributed by atoms with Gasteiger partial charge in [-0.05, 0) is 48.0 Å². The van der Waals surface area contributed by atoms with E-state index in [9.17, 15) is 9.18 Å². The molecule has 0 amide bonds. The molecule has 0 spiro atoms. The molecule has 0 saturated heterocycles. The number of ether oxygens (including phenoxy) is 2. The summed E-state index contributed by atoms with van der Waals surface area (Å²) in [5.41, 5.74) is 2.39. The lowest BCUT2D eigenvalue weighted by atomic mass is 10.2. The molecule has 3 aromatic rings. The average molecular weight is 369 g/mol. The molecule has 132 valence electrons. The summed E-state index contributed by atoms with van der Waals surface area (Å²) in [5.74, 6) is -0.0150. The Morgan fingerprint density at radius 3 is 2.58 bits per heavy atom. The van der Waals surface area contributed by atoms with Crippen LogP contribution in [0.4, 0.5) is 4.39 Å². The molecule has 2 aromatic carbocycles. The van der Waals surface area contributed by atoms with E-state index in [0.29, 0.717) is 5.69 Å². The van der Waals surface area contributed by atoms with Gasteiger partial charge >= 0.3 is 5.97 Å². The average Bonchev–Trinajstić information content (AvgIpc) is 3.15. The highest BCUT2D eigenvalue weighted by molar-refractivity contribution is 7.13. The summed E-state index contributed by atoms with van der Waals surface area (Å²) in [5, 5.41) is 2.72. The second-order valence-electron chi connectivity index (χ2n) is 5.37. The van der Waals surface area contributed by atoms with Crippen LogP contribution in [0.15, 0.2) is 60.0 Å². The van der Waals surface area contributed by atoms with Gasteiger partial charge < -0.3 is 9.47 Å². The number of methoxy groups -OCH3 is 1. The molecular weight excluding hydrogens is 353 g/mol. The van der Waals surface area contributed by atoms with Gasteiger partial charge in [-0.15, -0.1) is 11.3 Å². The summed E-state index contributed by atoms with van der Waals surface area (Å²) in [6.07, 6.45) is 2.94. The van der Waals surface area contributed by atoms with Gasteiger partial charge in [0.05, 0.1) is 12.8 Å². The van der Waals surface area contributed by atoms with Crippen LogP contribution in [0.3, 0.4) is 0 Å². The number of aromatic nitrogens is 1. The summed E-state index contributed by atoms with van der Waals surface area (Å²) >= 11 is 1.49. The van der Waals surface area contributed by atoms with Crippen LogP contribution in [0.5, 0.6) is 5.75 Å². The maximum atomic E-state index is 12.8. The predicted octanol–water partition coefficient (Wildman–Crippen LogP) is 4.71. The molecule has 0 fully saturated rings. The molecule has 1 aromatic heterocycles. The molecule has 0 saturated carbocycles. The van der Waals surface area contributed by atoms with Crippen molar-refractivity contribution in [1.82, 2.24) is 4.98 Å². The number of benzene rings is 2. The standard InChI is InChI=1S/C20H16FNO3S/c1-24-18-9-4-15(5-10-18)20-22-17(13-26-20)8-11-19(23)25-12-14-2-6-16(21)7-3-14/h2-11,13H,12H2,1H3/b11-8+. The highest BCUT2D eigenvalue weighted by atomic mass is 32.1. The zero-order valence-corrected chi connectivity index (χ0v) is 14.8. The van der Waals surface area contributed by atoms with E-state index in [2.05, 4.69) is 4.98 Å². The first-order chi connectivity index (χ1) is 12.6. The normalized spacial score (nSPS) is 10.8. The highest BCUT2D eigenvalue weighted by Gasteiger charge is 2.05. The molecule has 0 aliphatic rings. The molecule has 0 radical (unpaired) electrons. The van der Waals surface area contributed by atoms with Crippen LogP contribution >= 0.6 is 11.3 Å². The molecule has 1 heterocycles. The lowest BCUT2D eigenvalue weighted by molar-refractivity contribution is -0.138. The number of esters is 1. The maximum Gasteiger partial charge on any atom is 0.331 e. The fourth-order valence-electron chi connectivity index (χ4n) is 2.17. The molecule has 4 nitrogen and oxygen atoms in total. The Kier molecular flexibility index (Phi) is 5.76. The van der Waals surface area contributed by atoms with Crippen molar-refractivity contribution in [3.63, 3.8) is 0 Å². The van der Waals surface area contributed by atoms with Gasteiger partial charge in [0.1, 0.15) is 23.2 Å². The second kappa shape index (κ2) is 8.40. The third kappa shape index (κ3) is 4.77. The van der Waals surface area contributed by atoms with Gasteiger partial charge in [0.25, 0.3) is 0 Å². The smallest absolute Gasteiger partial charge is 0.331 e. The zero-order chi connectivity index (χ0) is 18.4. The molecule has 0 unspecified atom stereocenters. The minimum absolute atomic E-state index is 0.0949. The molecular formula is C20H16FNO3S. The SMILES string of the molecule is COc1ccc(-c2nc(/C=C/C(=O)OCc3ccc(F)cc3)cs2)cc1. The summed E-state index contributed by atoms with van der Waals surface area (Å²) in [6, 6.07) is 13.4. The van der Waals surface area contributed by atoms with Gasteiger partial charge in [0.2, 0.25) is 0 Å². The number of hydrogen-bond acceptors (Lipinski definition) is 5. The fourth-order valence-corrected chi connectivity index (χ4v) is 2.96. The number of nitrogens with zero attached hydrogens (tertiary/aromatic N) is 1. The summed E-state index contributed by atoms with van der Waals surface area (Å²) < 4.78 is 23.1. The largest absolute Gasteiger partial charge is 0.497 e. The van der Waals surface area contributed by atoms with Crippen molar-refractivity contribution in [3.05, 3.63) is 77.1 Å². The number of thiazole rings is 1. The van der Waals surface area contributed by atoms with Gasteiger partial charge in [0.15, 0.2) is 0 Å². The quantitative estimate of drug-likeness (QED) is 0.466. The molecule has 0 atom stereocenters. The van der Waals surface area contributed by atoms with Crippen molar-refractivity contribution in [1.29, 1.82) is 0 Å². The third-order valence-electron chi connectivity index (χ3n) is 3.54. The van der Waals surface area contributed by atoms with Crippen molar-refractivity contribution in [2.75, 3.05) is 7.11 Å². The minimum atomic E-state index is -0.478. The minimum Gasteiger partial charge on any atom is -0.497 e. The number of carbonyl (C=O) groups excluding carboxylic acids is 1. The Labute approximate surface area is 154 Å². The molecule has 0 aliphatic carbocycles. The van der Waals surface area contributed by atoms with E-state index < -0.39 is 5.97 Å². The van der Waals surface area contributed by atoms with Crippen LogP contribution in [-0.2, 0) is 16.1 Å². The summed E-state index contributed by atoms with van der Waals surface area (Å²) in [6.45, 7) is 0.0949. The van der Waals surface area contributed by atoms with Crippen LogP contribution in [-0.4, -0.2) is 18.1 Å². The van der Waals surface area contributed by atoms with Crippen molar-refractivity contribution in [2.24, 2.45) is 0 Å². The van der Waals surface area contributed by atoms with E-state index in [4.69, 9.17) is 9.47 Å². The van der Waals surface area contributed by atoms with Crippen molar-refractivity contribution in [3.8, 4) is 16.3 Å². The lowest BCUT2D eigenvalue weighted by Gasteiger charge is -2.01. The molecule has 0 bridgehead atoms. The summed E-state index contributed by atoms with van der Waals surface area (Å²) in [7, 11) is 1.62.